The summed E-state index contributed by atoms with van der Waals surface area (Å²) in [5.74, 6) is 2.58. The molecular weight excluding hydrogens is 510 g/mol. The topological polar surface area (TPSA) is 105 Å². The number of thiol groups is 1. The van der Waals surface area contributed by atoms with Crippen LogP contribution in [0.25, 0.3) is 0 Å². The van der Waals surface area contributed by atoms with Crippen molar-refractivity contribution in [2.45, 2.75) is 43.8 Å². The van der Waals surface area contributed by atoms with Crippen molar-refractivity contribution < 1.29 is 9.90 Å². The fourth-order valence-electron chi connectivity index (χ4n) is 6.33. The number of aromatic nitrogens is 1. The molecule has 0 spiro atoms. The number of hydrogen-bond donors (Lipinski definition) is 5. The number of hydrogen-bond acceptors (Lipinski definition) is 7. The van der Waals surface area contributed by atoms with Gasteiger partial charge >= 0.3 is 6.09 Å². The third-order valence-electron chi connectivity index (χ3n) is 8.38. The Bertz CT molecular complexity index is 1290. The lowest BCUT2D eigenvalue weighted by atomic mass is 9.75. The van der Waals surface area contributed by atoms with Gasteiger partial charge in [0.05, 0.1) is 17.3 Å². The van der Waals surface area contributed by atoms with Crippen LogP contribution in [0.3, 0.4) is 0 Å². The summed E-state index contributed by atoms with van der Waals surface area (Å²) in [7, 11) is 0. The molecule has 0 saturated carbocycles. The predicted octanol–water partition coefficient (Wildman–Crippen LogP) is 3.31. The van der Waals surface area contributed by atoms with Gasteiger partial charge in [-0.05, 0) is 67.0 Å². The molecule has 3 unspecified atom stereocenters. The number of dihydropyridines is 1. The van der Waals surface area contributed by atoms with Gasteiger partial charge in [0.1, 0.15) is 11.6 Å². The van der Waals surface area contributed by atoms with Gasteiger partial charge in [-0.3, -0.25) is 0 Å². The second-order valence-corrected chi connectivity index (χ2v) is 11.9. The van der Waals surface area contributed by atoms with Crippen LogP contribution >= 0.6 is 11.4 Å². The van der Waals surface area contributed by atoms with Crippen LogP contribution in [0.5, 0.6) is 0 Å². The average molecular weight is 548 g/mol. The van der Waals surface area contributed by atoms with Crippen LogP contribution in [0.1, 0.15) is 31.4 Å². The number of allylic oxidation sites excluding steroid dienone is 2. The van der Waals surface area contributed by atoms with Gasteiger partial charge in [0.15, 0.2) is 0 Å². The van der Waals surface area contributed by atoms with Crippen LogP contribution in [0.4, 0.5) is 10.6 Å². The summed E-state index contributed by atoms with van der Waals surface area (Å²) in [6.07, 6.45) is 15.4. The number of amides is 1. The van der Waals surface area contributed by atoms with E-state index in [-0.39, 0.29) is 6.04 Å². The SMILES string of the molecule is O=C(O)N1CC=C(C2(C3CCC4CCN(C4)C4=C(CNCc5cccc(n5)N3)[SH]=CC=N4)C=CC=CN2)CC1. The zero-order valence-corrected chi connectivity index (χ0v) is 23.0. The summed E-state index contributed by atoms with van der Waals surface area (Å²) in [6.45, 7) is 4.44. The third kappa shape index (κ3) is 5.53. The van der Waals surface area contributed by atoms with E-state index in [0.29, 0.717) is 32.0 Å². The molecule has 0 aliphatic carbocycles. The monoisotopic (exact) mass is 547 g/mol. The highest BCUT2D eigenvalue weighted by molar-refractivity contribution is 8.02. The fourth-order valence-corrected chi connectivity index (χ4v) is 7.16. The van der Waals surface area contributed by atoms with E-state index in [1.54, 1.807) is 0 Å². The molecule has 6 heterocycles. The van der Waals surface area contributed by atoms with Crippen molar-refractivity contribution in [3.05, 3.63) is 70.7 Å². The molecule has 5 aliphatic heterocycles. The maximum atomic E-state index is 11.6. The van der Waals surface area contributed by atoms with Gasteiger partial charge < -0.3 is 30.9 Å². The number of aliphatic imine (C=N–C) groups is 1. The first-order valence-electron chi connectivity index (χ1n) is 13.9. The van der Waals surface area contributed by atoms with Crippen molar-refractivity contribution >= 4 is 34.8 Å². The molecule has 1 aromatic heterocycles. The molecule has 1 saturated heterocycles. The first-order chi connectivity index (χ1) is 19.1. The largest absolute Gasteiger partial charge is 0.465 e. The number of pyridine rings is 1. The van der Waals surface area contributed by atoms with E-state index in [1.165, 1.54) is 26.7 Å². The van der Waals surface area contributed by atoms with Crippen LogP contribution in [-0.2, 0) is 6.54 Å². The summed E-state index contributed by atoms with van der Waals surface area (Å²) in [5, 5.41) is 22.8. The van der Waals surface area contributed by atoms with Crippen molar-refractivity contribution in [2.75, 3.05) is 38.0 Å². The molecule has 6 rings (SSSR count). The van der Waals surface area contributed by atoms with Crippen LogP contribution in [0.15, 0.2) is 70.0 Å². The number of anilines is 1. The molecule has 10 heteroatoms. The van der Waals surface area contributed by atoms with Gasteiger partial charge in [-0.1, -0.05) is 24.3 Å². The molecule has 1 amide bonds. The fraction of sp³-hybridized carbons (Fsp3) is 0.448. The van der Waals surface area contributed by atoms with Gasteiger partial charge in [-0.2, -0.15) is 11.4 Å². The van der Waals surface area contributed by atoms with Gasteiger partial charge in [0.2, 0.25) is 0 Å². The Morgan fingerprint density at radius 2 is 2.10 bits per heavy atom. The zero-order chi connectivity index (χ0) is 26.7. The summed E-state index contributed by atoms with van der Waals surface area (Å²) in [5.41, 5.74) is 1.76. The Labute approximate surface area is 233 Å². The molecule has 4 bridgehead atoms. The predicted molar refractivity (Wildman–Crippen MR) is 159 cm³/mol. The van der Waals surface area contributed by atoms with Crippen LogP contribution in [0, 0.1) is 5.92 Å². The van der Waals surface area contributed by atoms with Crippen molar-refractivity contribution in [3.63, 3.8) is 0 Å². The van der Waals surface area contributed by atoms with Crippen LogP contribution in [-0.4, -0.2) is 81.9 Å². The summed E-state index contributed by atoms with van der Waals surface area (Å²) >= 11 is 1.21. The number of rotatable bonds is 2. The minimum atomic E-state index is -0.864. The van der Waals surface area contributed by atoms with E-state index in [4.69, 9.17) is 9.98 Å². The zero-order valence-electron chi connectivity index (χ0n) is 22.1. The van der Waals surface area contributed by atoms with E-state index >= 15 is 0 Å². The van der Waals surface area contributed by atoms with Crippen molar-refractivity contribution in [3.8, 4) is 0 Å². The quantitative estimate of drug-likeness (QED) is 0.220. The van der Waals surface area contributed by atoms with E-state index in [1.807, 2.05) is 24.6 Å². The summed E-state index contributed by atoms with van der Waals surface area (Å²) < 4.78 is 0. The highest BCUT2D eigenvalue weighted by Gasteiger charge is 2.42. The third-order valence-corrected chi connectivity index (χ3v) is 9.33. The Morgan fingerprint density at radius 3 is 2.92 bits per heavy atom. The summed E-state index contributed by atoms with van der Waals surface area (Å²) in [6, 6.07) is 6.22. The lowest BCUT2D eigenvalue weighted by molar-refractivity contribution is 0.147. The molecule has 4 N–H and O–H groups in total. The lowest BCUT2D eigenvalue weighted by Crippen LogP contribution is -2.57. The maximum Gasteiger partial charge on any atom is 0.407 e. The van der Waals surface area contributed by atoms with Crippen molar-refractivity contribution in [2.24, 2.45) is 10.9 Å². The van der Waals surface area contributed by atoms with E-state index in [2.05, 4.69) is 56.6 Å². The molecule has 1 aromatic rings. The highest BCUT2D eigenvalue weighted by Crippen LogP contribution is 2.36. The molecule has 9 nitrogen and oxygen atoms in total. The van der Waals surface area contributed by atoms with Gasteiger partial charge in [-0.15, -0.1) is 0 Å². The van der Waals surface area contributed by atoms with Gasteiger partial charge in [0, 0.05) is 50.4 Å². The Balaban J connectivity index is 1.33. The number of carboxylic acid groups (broad SMARTS) is 1. The van der Waals surface area contributed by atoms with E-state index < -0.39 is 11.6 Å². The standard InChI is InChI=1S/C29H37N7O2S/c37-28(38)35-15-9-22(10-16-35)29(11-1-2-12-32-29)25-7-6-21-8-14-36(20-21)27-24(39-17-13-31-27)19-30-18-23-4-3-5-26(33-23)34-25/h1-5,9,11-13,17,21,25,30,32,39H,6-8,10,14-16,18-20H2,(H,33,34)(H,37,38). The van der Waals surface area contributed by atoms with Gasteiger partial charge in [-0.25, -0.2) is 14.8 Å². The second-order valence-electron chi connectivity index (χ2n) is 10.8. The molecule has 0 aromatic carbocycles. The molecule has 39 heavy (non-hydrogen) atoms. The molecular formula is C29H37N7O2S. The lowest BCUT2D eigenvalue weighted by Gasteiger charge is -2.45. The maximum absolute atomic E-state index is 11.6. The Hall–Kier alpha value is -3.37. The molecule has 3 atom stereocenters. The normalized spacial score (nSPS) is 28.9. The summed E-state index contributed by atoms with van der Waals surface area (Å²) in [4.78, 5) is 26.6. The molecule has 206 valence electrons. The Morgan fingerprint density at radius 1 is 1.15 bits per heavy atom. The number of nitrogens with one attached hydrogen (secondary N) is 3. The molecule has 5 aliphatic rings. The number of nitrogens with zero attached hydrogens (tertiary/aromatic N) is 4. The number of fused-ring (bicyclic) bond motifs is 5. The molecule has 1 fully saturated rings. The smallest absolute Gasteiger partial charge is 0.407 e. The average Bonchev–Trinajstić information content (AvgIpc) is 3.44. The minimum Gasteiger partial charge on any atom is -0.465 e. The van der Waals surface area contributed by atoms with E-state index in [0.717, 1.165) is 56.2 Å². The second kappa shape index (κ2) is 11.4. The van der Waals surface area contributed by atoms with Crippen molar-refractivity contribution in [1.29, 1.82) is 0 Å². The first kappa shape index (κ1) is 25.9. The first-order valence-corrected chi connectivity index (χ1v) is 14.8. The number of carbonyl (C=O) groups is 1. The van der Waals surface area contributed by atoms with Crippen molar-refractivity contribution in [1.82, 2.24) is 25.4 Å². The molecule has 0 radical (unpaired) electrons. The van der Waals surface area contributed by atoms with Crippen LogP contribution < -0.4 is 16.0 Å². The minimum absolute atomic E-state index is 0.0341. The van der Waals surface area contributed by atoms with Crippen LogP contribution in [0.2, 0.25) is 0 Å². The van der Waals surface area contributed by atoms with Gasteiger partial charge in [0.25, 0.3) is 0 Å². The Kier molecular flexibility index (Phi) is 7.56. The van der Waals surface area contributed by atoms with E-state index in [9.17, 15) is 9.90 Å². The highest BCUT2D eigenvalue weighted by atomic mass is 32.1.